The fourth-order valence-electron chi connectivity index (χ4n) is 3.08. The van der Waals surface area contributed by atoms with Crippen molar-refractivity contribution in [2.24, 2.45) is 17.6 Å². The number of halogens is 1. The number of nitrogens with zero attached hydrogens (tertiary/aromatic N) is 1. The summed E-state index contributed by atoms with van der Waals surface area (Å²) in [5.41, 5.74) is 7.36. The molecule has 0 spiro atoms. The van der Waals surface area contributed by atoms with Crippen LogP contribution in [0.1, 0.15) is 38.7 Å². The Morgan fingerprint density at radius 1 is 1.32 bits per heavy atom. The second kappa shape index (κ2) is 6.38. The molecule has 1 atom stereocenters. The van der Waals surface area contributed by atoms with Gasteiger partial charge in [0.15, 0.2) is 0 Å². The minimum atomic E-state index is -0.176. The van der Waals surface area contributed by atoms with Crippen molar-refractivity contribution in [2.75, 3.05) is 18.0 Å². The predicted molar refractivity (Wildman–Crippen MR) is 78.7 cm³/mol. The molecule has 0 radical (unpaired) electrons. The molecule has 3 heteroatoms. The fraction of sp³-hybridized carbons (Fsp3) is 0.625. The lowest BCUT2D eigenvalue weighted by molar-refractivity contribution is 0.351. The van der Waals surface area contributed by atoms with E-state index < -0.39 is 0 Å². The molecule has 1 aliphatic rings. The summed E-state index contributed by atoms with van der Waals surface area (Å²) in [6.07, 6.45) is 3.66. The standard InChI is InChI=1S/C16H25FN2/c1-12(2)13-5-4-9-19(10-8-13)16-7-3-6-15(17)14(16)11-18/h3,6-7,12-13H,4-5,8-11,18H2,1-2H3. The van der Waals surface area contributed by atoms with Crippen LogP contribution in [-0.2, 0) is 6.54 Å². The first-order chi connectivity index (χ1) is 9.13. The second-order valence-electron chi connectivity index (χ2n) is 5.86. The van der Waals surface area contributed by atoms with E-state index in [1.807, 2.05) is 6.07 Å². The third-order valence-electron chi connectivity index (χ3n) is 4.35. The average Bonchev–Trinajstić information content (AvgIpc) is 2.64. The highest BCUT2D eigenvalue weighted by Crippen LogP contribution is 2.29. The molecule has 0 bridgehead atoms. The Balaban J connectivity index is 2.16. The van der Waals surface area contributed by atoms with Gasteiger partial charge in [0.2, 0.25) is 0 Å². The van der Waals surface area contributed by atoms with Gasteiger partial charge in [-0.05, 0) is 43.2 Å². The largest absolute Gasteiger partial charge is 0.371 e. The normalized spacial score (nSPS) is 20.7. The summed E-state index contributed by atoms with van der Waals surface area (Å²) in [4.78, 5) is 2.31. The van der Waals surface area contributed by atoms with Crippen LogP contribution in [0.4, 0.5) is 10.1 Å². The summed E-state index contributed by atoms with van der Waals surface area (Å²) < 4.78 is 13.8. The van der Waals surface area contributed by atoms with Gasteiger partial charge in [0, 0.05) is 30.9 Å². The summed E-state index contributed by atoms with van der Waals surface area (Å²) >= 11 is 0. The van der Waals surface area contributed by atoms with Gasteiger partial charge < -0.3 is 10.6 Å². The zero-order valence-electron chi connectivity index (χ0n) is 12.0. The van der Waals surface area contributed by atoms with Crippen LogP contribution < -0.4 is 10.6 Å². The Morgan fingerprint density at radius 2 is 2.11 bits per heavy atom. The molecule has 1 fully saturated rings. The van der Waals surface area contributed by atoms with Gasteiger partial charge in [-0.1, -0.05) is 19.9 Å². The van der Waals surface area contributed by atoms with E-state index in [2.05, 4.69) is 18.7 Å². The SMILES string of the molecule is CC(C)C1CCCN(c2cccc(F)c2CN)CC1. The first-order valence-corrected chi connectivity index (χ1v) is 7.36. The van der Waals surface area contributed by atoms with Crippen LogP contribution in [0.15, 0.2) is 18.2 Å². The van der Waals surface area contributed by atoms with E-state index in [0.29, 0.717) is 5.56 Å². The van der Waals surface area contributed by atoms with E-state index in [4.69, 9.17) is 5.73 Å². The Hall–Kier alpha value is -1.09. The number of benzene rings is 1. The summed E-state index contributed by atoms with van der Waals surface area (Å²) in [6, 6.07) is 5.29. The third kappa shape index (κ3) is 3.27. The highest BCUT2D eigenvalue weighted by Gasteiger charge is 2.21. The van der Waals surface area contributed by atoms with Gasteiger partial charge in [-0.15, -0.1) is 0 Å². The van der Waals surface area contributed by atoms with E-state index >= 15 is 0 Å². The van der Waals surface area contributed by atoms with Crippen molar-refractivity contribution < 1.29 is 4.39 Å². The van der Waals surface area contributed by atoms with Crippen LogP contribution in [0.5, 0.6) is 0 Å². The molecule has 0 saturated carbocycles. The summed E-state index contributed by atoms with van der Waals surface area (Å²) in [7, 11) is 0. The number of nitrogens with two attached hydrogens (primary N) is 1. The molecule has 1 aliphatic heterocycles. The maximum Gasteiger partial charge on any atom is 0.129 e. The lowest BCUT2D eigenvalue weighted by atomic mass is 9.89. The maximum atomic E-state index is 13.8. The molecule has 1 aromatic rings. The average molecular weight is 264 g/mol. The summed E-state index contributed by atoms with van der Waals surface area (Å²) in [6.45, 7) is 6.90. The first-order valence-electron chi connectivity index (χ1n) is 7.36. The van der Waals surface area contributed by atoms with E-state index in [1.165, 1.54) is 25.3 Å². The van der Waals surface area contributed by atoms with Gasteiger partial charge in [-0.2, -0.15) is 0 Å². The quantitative estimate of drug-likeness (QED) is 0.904. The Kier molecular flexibility index (Phi) is 4.81. The molecule has 106 valence electrons. The van der Waals surface area contributed by atoms with Crippen LogP contribution in [-0.4, -0.2) is 13.1 Å². The molecule has 19 heavy (non-hydrogen) atoms. The van der Waals surface area contributed by atoms with Crippen LogP contribution in [0.2, 0.25) is 0 Å². The minimum absolute atomic E-state index is 0.176. The Bertz CT molecular complexity index is 417. The molecule has 1 saturated heterocycles. The molecule has 2 N–H and O–H groups in total. The van der Waals surface area contributed by atoms with Crippen LogP contribution in [0, 0.1) is 17.7 Å². The van der Waals surface area contributed by atoms with E-state index in [9.17, 15) is 4.39 Å². The van der Waals surface area contributed by atoms with Crippen molar-refractivity contribution >= 4 is 5.69 Å². The Morgan fingerprint density at radius 3 is 2.79 bits per heavy atom. The van der Waals surface area contributed by atoms with Crippen molar-refractivity contribution in [2.45, 2.75) is 39.7 Å². The molecule has 0 amide bonds. The van der Waals surface area contributed by atoms with Crippen molar-refractivity contribution in [3.63, 3.8) is 0 Å². The Labute approximate surface area is 115 Å². The molecule has 1 heterocycles. The molecule has 1 unspecified atom stereocenters. The lowest BCUT2D eigenvalue weighted by Gasteiger charge is -2.26. The predicted octanol–water partition coefficient (Wildman–Crippen LogP) is 3.55. The van der Waals surface area contributed by atoms with Gasteiger partial charge in [0.25, 0.3) is 0 Å². The zero-order valence-corrected chi connectivity index (χ0v) is 12.0. The van der Waals surface area contributed by atoms with Gasteiger partial charge >= 0.3 is 0 Å². The molecular weight excluding hydrogens is 239 g/mol. The number of hydrogen-bond donors (Lipinski definition) is 1. The van der Waals surface area contributed by atoms with Gasteiger partial charge in [-0.25, -0.2) is 4.39 Å². The molecule has 1 aromatic carbocycles. The highest BCUT2D eigenvalue weighted by atomic mass is 19.1. The minimum Gasteiger partial charge on any atom is -0.371 e. The van der Waals surface area contributed by atoms with Gasteiger partial charge in [0.05, 0.1) is 0 Å². The monoisotopic (exact) mass is 264 g/mol. The molecular formula is C16H25FN2. The lowest BCUT2D eigenvalue weighted by Crippen LogP contribution is -2.26. The van der Waals surface area contributed by atoms with E-state index in [1.54, 1.807) is 6.07 Å². The number of rotatable bonds is 3. The molecule has 0 aliphatic carbocycles. The third-order valence-corrected chi connectivity index (χ3v) is 4.35. The van der Waals surface area contributed by atoms with E-state index in [-0.39, 0.29) is 12.4 Å². The topological polar surface area (TPSA) is 29.3 Å². The molecule has 2 nitrogen and oxygen atoms in total. The van der Waals surface area contributed by atoms with Crippen molar-refractivity contribution in [3.8, 4) is 0 Å². The molecule has 2 rings (SSSR count). The van der Waals surface area contributed by atoms with Crippen molar-refractivity contribution in [1.82, 2.24) is 0 Å². The maximum absolute atomic E-state index is 13.8. The zero-order chi connectivity index (χ0) is 13.8. The molecule has 0 aromatic heterocycles. The van der Waals surface area contributed by atoms with Crippen LogP contribution in [0.3, 0.4) is 0 Å². The summed E-state index contributed by atoms with van der Waals surface area (Å²) in [5, 5.41) is 0. The smallest absolute Gasteiger partial charge is 0.129 e. The van der Waals surface area contributed by atoms with E-state index in [0.717, 1.165) is 30.6 Å². The number of anilines is 1. The second-order valence-corrected chi connectivity index (χ2v) is 5.86. The van der Waals surface area contributed by atoms with Crippen molar-refractivity contribution in [1.29, 1.82) is 0 Å². The van der Waals surface area contributed by atoms with Crippen LogP contribution in [0.25, 0.3) is 0 Å². The van der Waals surface area contributed by atoms with Gasteiger partial charge in [0.1, 0.15) is 5.82 Å². The number of hydrogen-bond acceptors (Lipinski definition) is 2. The van der Waals surface area contributed by atoms with Crippen LogP contribution >= 0.6 is 0 Å². The van der Waals surface area contributed by atoms with Gasteiger partial charge in [-0.3, -0.25) is 0 Å². The summed E-state index contributed by atoms with van der Waals surface area (Å²) in [5.74, 6) is 1.35. The highest BCUT2D eigenvalue weighted by molar-refractivity contribution is 5.54. The first kappa shape index (κ1) is 14.3. The fourth-order valence-corrected chi connectivity index (χ4v) is 3.08. The van der Waals surface area contributed by atoms with Crippen molar-refractivity contribution in [3.05, 3.63) is 29.6 Å².